The Labute approximate surface area is 182 Å². The molecule has 1 saturated carbocycles. The molecular formula is C23H26N4O3S. The van der Waals surface area contributed by atoms with Gasteiger partial charge in [-0.2, -0.15) is 5.26 Å². The number of hydrogen-bond acceptors (Lipinski definition) is 5. The zero-order chi connectivity index (χ0) is 22.2. The van der Waals surface area contributed by atoms with Gasteiger partial charge in [-0.15, -0.1) is 0 Å². The Morgan fingerprint density at radius 3 is 2.65 bits per heavy atom. The summed E-state index contributed by atoms with van der Waals surface area (Å²) in [6.45, 7) is 4.80. The fourth-order valence-electron chi connectivity index (χ4n) is 3.77. The minimum absolute atomic E-state index is 0.0609. The second-order valence-corrected chi connectivity index (χ2v) is 10.1. The molecule has 1 aliphatic carbocycles. The fraction of sp³-hybridized carbons (Fsp3) is 0.391. The molecule has 0 spiro atoms. The molecule has 0 bridgehead atoms. The SMILES string of the molecule is CC(C)Oc1ccc2c(C#N)c(-c3ccc(CCS(N)(=O)=O)cn3)n(CC3CC3)c2c1. The Morgan fingerprint density at radius 1 is 1.29 bits per heavy atom. The summed E-state index contributed by atoms with van der Waals surface area (Å²) in [5.74, 6) is 1.25. The summed E-state index contributed by atoms with van der Waals surface area (Å²) < 4.78 is 30.5. The van der Waals surface area contributed by atoms with E-state index in [9.17, 15) is 13.7 Å². The number of primary sulfonamides is 1. The van der Waals surface area contributed by atoms with Crippen molar-refractivity contribution >= 4 is 20.9 Å². The molecule has 2 aromatic heterocycles. The Morgan fingerprint density at radius 2 is 2.06 bits per heavy atom. The van der Waals surface area contributed by atoms with Crippen molar-refractivity contribution < 1.29 is 13.2 Å². The third-order valence-corrected chi connectivity index (χ3v) is 6.17. The topological polar surface area (TPSA) is 111 Å². The van der Waals surface area contributed by atoms with Gasteiger partial charge in [-0.25, -0.2) is 13.6 Å². The normalized spacial score (nSPS) is 14.2. The largest absolute Gasteiger partial charge is 0.491 e. The molecular weight excluding hydrogens is 412 g/mol. The van der Waals surface area contributed by atoms with Gasteiger partial charge < -0.3 is 9.30 Å². The number of rotatable bonds is 8. The minimum atomic E-state index is -3.53. The van der Waals surface area contributed by atoms with Gasteiger partial charge in [-0.05, 0) is 62.8 Å². The van der Waals surface area contributed by atoms with Crippen molar-refractivity contribution in [3.8, 4) is 23.2 Å². The number of benzene rings is 1. The molecule has 2 heterocycles. The van der Waals surface area contributed by atoms with Crippen LogP contribution >= 0.6 is 0 Å². The highest BCUT2D eigenvalue weighted by atomic mass is 32.2. The molecule has 7 nitrogen and oxygen atoms in total. The number of pyridine rings is 1. The number of nitriles is 1. The zero-order valence-corrected chi connectivity index (χ0v) is 18.5. The van der Waals surface area contributed by atoms with E-state index < -0.39 is 10.0 Å². The lowest BCUT2D eigenvalue weighted by Crippen LogP contribution is -2.18. The summed E-state index contributed by atoms with van der Waals surface area (Å²) in [5.41, 5.74) is 3.84. The van der Waals surface area contributed by atoms with Gasteiger partial charge in [0.15, 0.2) is 0 Å². The Kier molecular flexibility index (Phi) is 5.73. The van der Waals surface area contributed by atoms with Crippen LogP contribution in [-0.4, -0.2) is 29.8 Å². The van der Waals surface area contributed by atoms with Gasteiger partial charge >= 0.3 is 0 Å². The molecule has 8 heteroatoms. The van der Waals surface area contributed by atoms with Crippen LogP contribution in [0.2, 0.25) is 0 Å². The van der Waals surface area contributed by atoms with Crippen LogP contribution in [0.4, 0.5) is 0 Å². The van der Waals surface area contributed by atoms with Gasteiger partial charge in [0.2, 0.25) is 10.0 Å². The van der Waals surface area contributed by atoms with Gasteiger partial charge in [0.1, 0.15) is 11.8 Å². The van der Waals surface area contributed by atoms with Crippen LogP contribution in [0.25, 0.3) is 22.3 Å². The molecule has 0 aliphatic heterocycles. The van der Waals surface area contributed by atoms with Crippen LogP contribution in [0.3, 0.4) is 0 Å². The van der Waals surface area contributed by atoms with Crippen molar-refractivity contribution in [2.45, 2.75) is 45.8 Å². The van der Waals surface area contributed by atoms with E-state index in [2.05, 4.69) is 15.6 Å². The van der Waals surface area contributed by atoms with Gasteiger partial charge in [-0.3, -0.25) is 4.98 Å². The highest BCUT2D eigenvalue weighted by Crippen LogP contribution is 2.39. The summed E-state index contributed by atoms with van der Waals surface area (Å²) in [6.07, 6.45) is 4.39. The Bertz CT molecular complexity index is 1250. The van der Waals surface area contributed by atoms with Gasteiger partial charge in [-0.1, -0.05) is 6.07 Å². The molecule has 0 saturated heterocycles. The van der Waals surface area contributed by atoms with Crippen molar-refractivity contribution in [1.82, 2.24) is 9.55 Å². The number of aromatic nitrogens is 2. The number of nitrogens with two attached hydrogens (primary N) is 1. The predicted molar refractivity (Wildman–Crippen MR) is 120 cm³/mol. The Hall–Kier alpha value is -2.89. The number of aryl methyl sites for hydroxylation is 1. The lowest BCUT2D eigenvalue weighted by atomic mass is 10.1. The highest BCUT2D eigenvalue weighted by molar-refractivity contribution is 7.89. The van der Waals surface area contributed by atoms with Gasteiger partial charge in [0.25, 0.3) is 0 Å². The fourth-order valence-corrected chi connectivity index (χ4v) is 4.30. The maximum absolute atomic E-state index is 11.2. The maximum Gasteiger partial charge on any atom is 0.209 e. The molecule has 1 aromatic carbocycles. The average molecular weight is 439 g/mol. The van der Waals surface area contributed by atoms with E-state index in [-0.39, 0.29) is 11.9 Å². The van der Waals surface area contributed by atoms with E-state index in [1.807, 2.05) is 44.2 Å². The summed E-state index contributed by atoms with van der Waals surface area (Å²) in [5, 5.41) is 16.0. The molecule has 0 amide bonds. The van der Waals surface area contributed by atoms with Crippen molar-refractivity contribution in [2.75, 3.05) is 5.75 Å². The molecule has 3 aromatic rings. The van der Waals surface area contributed by atoms with Crippen LogP contribution in [0.1, 0.15) is 37.8 Å². The van der Waals surface area contributed by atoms with Gasteiger partial charge in [0.05, 0.1) is 34.3 Å². The summed E-state index contributed by atoms with van der Waals surface area (Å²) in [4.78, 5) is 4.57. The smallest absolute Gasteiger partial charge is 0.209 e. The quantitative estimate of drug-likeness (QED) is 0.578. The van der Waals surface area contributed by atoms with Crippen LogP contribution < -0.4 is 9.88 Å². The summed E-state index contributed by atoms with van der Waals surface area (Å²) >= 11 is 0. The minimum Gasteiger partial charge on any atom is -0.491 e. The molecule has 0 radical (unpaired) electrons. The molecule has 1 aliphatic rings. The molecule has 0 atom stereocenters. The summed E-state index contributed by atoms with van der Waals surface area (Å²) in [6, 6.07) is 11.9. The zero-order valence-electron chi connectivity index (χ0n) is 17.7. The lowest BCUT2D eigenvalue weighted by molar-refractivity contribution is 0.242. The van der Waals surface area contributed by atoms with Crippen LogP contribution in [-0.2, 0) is 23.0 Å². The monoisotopic (exact) mass is 438 g/mol. The number of fused-ring (bicyclic) bond motifs is 1. The van der Waals surface area contributed by atoms with E-state index in [1.165, 1.54) is 12.8 Å². The lowest BCUT2D eigenvalue weighted by Gasteiger charge is -2.13. The van der Waals surface area contributed by atoms with Crippen LogP contribution in [0, 0.1) is 17.2 Å². The maximum atomic E-state index is 11.2. The number of sulfonamides is 1. The predicted octanol–water partition coefficient (Wildman–Crippen LogP) is 3.60. The van der Waals surface area contributed by atoms with E-state index >= 15 is 0 Å². The molecule has 1 fully saturated rings. The number of nitrogens with zero attached hydrogens (tertiary/aromatic N) is 3. The summed E-state index contributed by atoms with van der Waals surface area (Å²) in [7, 11) is -3.53. The van der Waals surface area contributed by atoms with E-state index in [0.29, 0.717) is 23.6 Å². The number of ether oxygens (including phenoxy) is 1. The van der Waals surface area contributed by atoms with Gasteiger partial charge in [0, 0.05) is 24.2 Å². The van der Waals surface area contributed by atoms with E-state index in [1.54, 1.807) is 6.20 Å². The molecule has 162 valence electrons. The average Bonchev–Trinajstić information content (AvgIpc) is 3.48. The second kappa shape index (κ2) is 8.33. The number of hydrogen-bond donors (Lipinski definition) is 1. The standard InChI is InChI=1S/C23H26N4O3S/c1-15(2)30-18-6-7-19-20(12-24)23(27(22(19)11-18)14-17-3-4-17)21-8-5-16(13-26-21)9-10-31(25,28)29/h5-8,11,13,15,17H,3-4,9-10,14H2,1-2H3,(H2,25,28,29). The van der Waals surface area contributed by atoms with Crippen LogP contribution in [0.5, 0.6) is 5.75 Å². The molecule has 2 N–H and O–H groups in total. The first-order valence-corrected chi connectivity index (χ1v) is 12.2. The van der Waals surface area contributed by atoms with Crippen LogP contribution in [0.15, 0.2) is 36.5 Å². The van der Waals surface area contributed by atoms with E-state index in [0.717, 1.165) is 34.5 Å². The van der Waals surface area contributed by atoms with Crippen molar-refractivity contribution in [3.63, 3.8) is 0 Å². The first-order chi connectivity index (χ1) is 14.7. The molecule has 0 unspecified atom stereocenters. The molecule has 4 rings (SSSR count). The highest BCUT2D eigenvalue weighted by Gasteiger charge is 2.27. The second-order valence-electron chi connectivity index (χ2n) is 8.40. The first-order valence-electron chi connectivity index (χ1n) is 10.4. The first kappa shape index (κ1) is 21.3. The van der Waals surface area contributed by atoms with Crippen molar-refractivity contribution in [3.05, 3.63) is 47.7 Å². The third kappa shape index (κ3) is 4.89. The Balaban J connectivity index is 1.79. The molecule has 31 heavy (non-hydrogen) atoms. The third-order valence-electron chi connectivity index (χ3n) is 5.40. The van der Waals surface area contributed by atoms with Crippen molar-refractivity contribution in [2.24, 2.45) is 11.1 Å². The van der Waals surface area contributed by atoms with Crippen molar-refractivity contribution in [1.29, 1.82) is 5.26 Å². The van der Waals surface area contributed by atoms with E-state index in [4.69, 9.17) is 9.88 Å².